The van der Waals surface area contributed by atoms with Gasteiger partial charge in [-0.25, -0.2) is 0 Å². The second-order valence-corrected chi connectivity index (χ2v) is 4.78. The summed E-state index contributed by atoms with van der Waals surface area (Å²) in [6.07, 6.45) is 2.20. The van der Waals surface area contributed by atoms with Crippen molar-refractivity contribution in [3.8, 4) is 6.07 Å². The van der Waals surface area contributed by atoms with Crippen LogP contribution in [0.1, 0.15) is 31.3 Å². The molecule has 1 aliphatic rings. The van der Waals surface area contributed by atoms with Gasteiger partial charge < -0.3 is 9.52 Å². The number of nitriles is 1. The maximum Gasteiger partial charge on any atom is 0.203 e. The smallest absolute Gasteiger partial charge is 0.203 e. The van der Waals surface area contributed by atoms with Crippen molar-refractivity contribution in [2.45, 2.75) is 32.4 Å². The third kappa shape index (κ3) is 2.87. The molecule has 0 aromatic carbocycles. The topological polar surface area (TPSA) is 60.4 Å². The summed E-state index contributed by atoms with van der Waals surface area (Å²) in [5.74, 6) is 1.56. The summed E-state index contributed by atoms with van der Waals surface area (Å²) in [4.78, 5) is 2.31. The van der Waals surface area contributed by atoms with Crippen LogP contribution in [0.15, 0.2) is 16.5 Å². The molecule has 1 fully saturated rings. The second-order valence-electron chi connectivity index (χ2n) is 4.78. The molecule has 2 atom stereocenters. The van der Waals surface area contributed by atoms with Crippen LogP contribution in [0.4, 0.5) is 0 Å². The van der Waals surface area contributed by atoms with Gasteiger partial charge in [0, 0.05) is 19.2 Å². The molecule has 1 aromatic heterocycles. The van der Waals surface area contributed by atoms with Crippen molar-refractivity contribution < 1.29 is 9.52 Å². The van der Waals surface area contributed by atoms with E-state index in [-0.39, 0.29) is 6.61 Å². The Hall–Kier alpha value is -1.31. The van der Waals surface area contributed by atoms with Crippen LogP contribution in [0.25, 0.3) is 0 Å². The van der Waals surface area contributed by atoms with E-state index in [0.717, 1.165) is 31.7 Å². The van der Waals surface area contributed by atoms with Crippen LogP contribution in [-0.2, 0) is 6.54 Å². The largest absolute Gasteiger partial charge is 0.449 e. The zero-order valence-corrected chi connectivity index (χ0v) is 10.1. The van der Waals surface area contributed by atoms with E-state index < -0.39 is 0 Å². The standard InChI is InChI=1S/C13H18N2O2/c1-10-2-3-11(9-16)7-15(10)8-13-5-4-12(6-14)17-13/h4-5,10-11,16H,2-3,7-9H2,1H3. The predicted molar refractivity (Wildman–Crippen MR) is 63.1 cm³/mol. The number of aliphatic hydroxyl groups is 1. The number of nitrogens with zero attached hydrogens (tertiary/aromatic N) is 2. The second kappa shape index (κ2) is 5.35. The van der Waals surface area contributed by atoms with Gasteiger partial charge in [0.2, 0.25) is 5.76 Å². The Labute approximate surface area is 101 Å². The van der Waals surface area contributed by atoms with Gasteiger partial charge in [-0.2, -0.15) is 5.26 Å². The number of piperidine rings is 1. The monoisotopic (exact) mass is 234 g/mol. The predicted octanol–water partition coefficient (Wildman–Crippen LogP) is 1.74. The molecular formula is C13H18N2O2. The maximum atomic E-state index is 9.21. The molecule has 1 saturated heterocycles. The minimum Gasteiger partial charge on any atom is -0.449 e. The van der Waals surface area contributed by atoms with Crippen LogP contribution in [0.5, 0.6) is 0 Å². The van der Waals surface area contributed by atoms with Gasteiger partial charge in [-0.15, -0.1) is 0 Å². The first kappa shape index (κ1) is 12.2. The Kier molecular flexibility index (Phi) is 3.82. The quantitative estimate of drug-likeness (QED) is 0.865. The van der Waals surface area contributed by atoms with Crippen molar-refractivity contribution in [1.29, 1.82) is 5.26 Å². The van der Waals surface area contributed by atoms with Gasteiger partial charge in [0.1, 0.15) is 11.8 Å². The summed E-state index contributed by atoms with van der Waals surface area (Å²) >= 11 is 0. The number of furan rings is 1. The highest BCUT2D eigenvalue weighted by molar-refractivity contribution is 5.19. The average Bonchev–Trinajstić information content (AvgIpc) is 2.80. The van der Waals surface area contributed by atoms with E-state index in [1.807, 2.05) is 12.1 Å². The minimum atomic E-state index is 0.255. The first-order valence-corrected chi connectivity index (χ1v) is 6.06. The molecule has 4 nitrogen and oxygen atoms in total. The molecule has 17 heavy (non-hydrogen) atoms. The zero-order valence-electron chi connectivity index (χ0n) is 10.1. The normalized spacial score (nSPS) is 25.7. The van der Waals surface area contributed by atoms with E-state index in [1.54, 1.807) is 6.07 Å². The highest BCUT2D eigenvalue weighted by atomic mass is 16.3. The summed E-state index contributed by atoms with van der Waals surface area (Å²) in [6.45, 7) is 4.08. The highest BCUT2D eigenvalue weighted by Gasteiger charge is 2.25. The zero-order chi connectivity index (χ0) is 12.3. The average molecular weight is 234 g/mol. The van der Waals surface area contributed by atoms with Gasteiger partial charge in [0.25, 0.3) is 0 Å². The van der Waals surface area contributed by atoms with Gasteiger partial charge in [-0.1, -0.05) is 0 Å². The molecular weight excluding hydrogens is 216 g/mol. The fraction of sp³-hybridized carbons (Fsp3) is 0.615. The summed E-state index contributed by atoms with van der Waals surface area (Å²) in [6, 6.07) is 6.06. The van der Waals surface area contributed by atoms with E-state index in [1.165, 1.54) is 0 Å². The first-order chi connectivity index (χ1) is 8.22. The fourth-order valence-electron chi connectivity index (χ4n) is 2.35. The molecule has 2 heterocycles. The molecule has 0 spiro atoms. The van der Waals surface area contributed by atoms with Crippen molar-refractivity contribution in [3.05, 3.63) is 23.7 Å². The van der Waals surface area contributed by atoms with Crippen molar-refractivity contribution in [2.75, 3.05) is 13.2 Å². The van der Waals surface area contributed by atoms with Gasteiger partial charge in [0.05, 0.1) is 6.54 Å². The Morgan fingerprint density at radius 2 is 2.35 bits per heavy atom. The van der Waals surface area contributed by atoms with Gasteiger partial charge >= 0.3 is 0 Å². The molecule has 1 aromatic rings. The van der Waals surface area contributed by atoms with E-state index in [0.29, 0.717) is 17.7 Å². The van der Waals surface area contributed by atoms with Crippen molar-refractivity contribution in [3.63, 3.8) is 0 Å². The van der Waals surface area contributed by atoms with Crippen LogP contribution in [0.2, 0.25) is 0 Å². The van der Waals surface area contributed by atoms with Crippen LogP contribution in [0, 0.1) is 17.2 Å². The van der Waals surface area contributed by atoms with E-state index in [2.05, 4.69) is 11.8 Å². The van der Waals surface area contributed by atoms with E-state index >= 15 is 0 Å². The molecule has 0 bridgehead atoms. The summed E-state index contributed by atoms with van der Waals surface area (Å²) in [7, 11) is 0. The van der Waals surface area contributed by atoms with Gasteiger partial charge in [0.15, 0.2) is 0 Å². The lowest BCUT2D eigenvalue weighted by Crippen LogP contribution is -2.42. The van der Waals surface area contributed by atoms with Crippen molar-refractivity contribution >= 4 is 0 Å². The molecule has 0 radical (unpaired) electrons. The SMILES string of the molecule is CC1CCC(CO)CN1Cc1ccc(C#N)o1. The van der Waals surface area contributed by atoms with Gasteiger partial charge in [-0.3, -0.25) is 4.90 Å². The molecule has 1 aliphatic heterocycles. The van der Waals surface area contributed by atoms with Crippen LogP contribution >= 0.6 is 0 Å². The van der Waals surface area contributed by atoms with Gasteiger partial charge in [-0.05, 0) is 37.8 Å². The number of hydrogen-bond acceptors (Lipinski definition) is 4. The van der Waals surface area contributed by atoms with E-state index in [9.17, 15) is 5.11 Å². The maximum absolute atomic E-state index is 9.21. The molecule has 0 saturated carbocycles. The molecule has 0 amide bonds. The fourth-order valence-corrected chi connectivity index (χ4v) is 2.35. The van der Waals surface area contributed by atoms with Crippen LogP contribution < -0.4 is 0 Å². The number of aliphatic hydroxyl groups excluding tert-OH is 1. The molecule has 92 valence electrons. The third-order valence-electron chi connectivity index (χ3n) is 3.50. The third-order valence-corrected chi connectivity index (χ3v) is 3.50. The number of rotatable bonds is 3. The lowest BCUT2D eigenvalue weighted by Gasteiger charge is -2.36. The minimum absolute atomic E-state index is 0.255. The highest BCUT2D eigenvalue weighted by Crippen LogP contribution is 2.23. The Morgan fingerprint density at radius 1 is 1.53 bits per heavy atom. The molecule has 2 unspecified atom stereocenters. The molecule has 0 aliphatic carbocycles. The first-order valence-electron chi connectivity index (χ1n) is 6.06. The van der Waals surface area contributed by atoms with Crippen LogP contribution in [-0.4, -0.2) is 29.2 Å². The van der Waals surface area contributed by atoms with Crippen molar-refractivity contribution in [1.82, 2.24) is 4.90 Å². The van der Waals surface area contributed by atoms with E-state index in [4.69, 9.17) is 9.68 Å². The lowest BCUT2D eigenvalue weighted by molar-refractivity contribution is 0.0718. The summed E-state index contributed by atoms with van der Waals surface area (Å²) in [5.41, 5.74) is 0. The Morgan fingerprint density at radius 3 is 3.00 bits per heavy atom. The van der Waals surface area contributed by atoms with Crippen LogP contribution in [0.3, 0.4) is 0 Å². The summed E-state index contributed by atoms with van der Waals surface area (Å²) < 4.78 is 5.39. The Bertz CT molecular complexity index is 408. The molecule has 2 rings (SSSR count). The number of hydrogen-bond donors (Lipinski definition) is 1. The summed E-state index contributed by atoms with van der Waals surface area (Å²) in [5, 5.41) is 17.9. The van der Waals surface area contributed by atoms with Crippen molar-refractivity contribution in [2.24, 2.45) is 5.92 Å². The molecule has 4 heteroatoms. The lowest BCUT2D eigenvalue weighted by atomic mass is 9.94. The molecule has 1 N–H and O–H groups in total. The number of likely N-dealkylation sites (tertiary alicyclic amines) is 1. The Balaban J connectivity index is 1.99.